The maximum atomic E-state index is 4.40. The molecule has 1 N–H and O–H groups in total. The fourth-order valence-electron chi connectivity index (χ4n) is 2.32. The highest BCUT2D eigenvalue weighted by atomic mass is 15.1. The molecule has 3 heterocycles. The van der Waals surface area contributed by atoms with E-state index >= 15 is 0 Å². The molecule has 90 valence electrons. The van der Waals surface area contributed by atoms with Crippen molar-refractivity contribution in [3.05, 3.63) is 55.1 Å². The molecule has 4 aromatic rings. The molecule has 0 aliphatic rings. The van der Waals surface area contributed by atoms with E-state index in [0.717, 1.165) is 27.5 Å². The highest BCUT2D eigenvalue weighted by Gasteiger charge is 2.06. The fourth-order valence-corrected chi connectivity index (χ4v) is 2.32. The Kier molecular flexibility index (Phi) is 2.08. The number of rotatable bonds is 1. The number of aromatic amines is 1. The van der Waals surface area contributed by atoms with Crippen LogP contribution >= 0.6 is 0 Å². The maximum absolute atomic E-state index is 4.40. The van der Waals surface area contributed by atoms with Crippen LogP contribution in [-0.2, 0) is 0 Å². The minimum absolute atomic E-state index is 0.872. The molecule has 4 heteroatoms. The van der Waals surface area contributed by atoms with Gasteiger partial charge in [0.25, 0.3) is 0 Å². The van der Waals surface area contributed by atoms with Gasteiger partial charge in [-0.3, -0.25) is 15.1 Å². The van der Waals surface area contributed by atoms with E-state index in [1.165, 1.54) is 5.39 Å². The Morgan fingerprint density at radius 3 is 2.89 bits per heavy atom. The summed E-state index contributed by atoms with van der Waals surface area (Å²) in [5.41, 5.74) is 3.94. The zero-order valence-electron chi connectivity index (χ0n) is 10.0. The molecule has 0 atom stereocenters. The number of H-pyrrole nitrogens is 1. The maximum Gasteiger partial charge on any atom is 0.108 e. The van der Waals surface area contributed by atoms with E-state index in [1.54, 1.807) is 6.20 Å². The molecular formula is C15H10N4. The molecule has 19 heavy (non-hydrogen) atoms. The lowest BCUT2D eigenvalue weighted by molar-refractivity contribution is 1.12. The molecule has 4 nitrogen and oxygen atoms in total. The van der Waals surface area contributed by atoms with Crippen molar-refractivity contribution in [2.75, 3.05) is 0 Å². The summed E-state index contributed by atoms with van der Waals surface area (Å²) in [6.07, 6.45) is 7.34. The van der Waals surface area contributed by atoms with Gasteiger partial charge in [-0.2, -0.15) is 5.10 Å². The number of aromatic nitrogens is 4. The van der Waals surface area contributed by atoms with Crippen LogP contribution in [0.2, 0.25) is 0 Å². The molecule has 0 saturated carbocycles. The molecule has 0 amide bonds. The van der Waals surface area contributed by atoms with Gasteiger partial charge in [0, 0.05) is 35.1 Å². The van der Waals surface area contributed by atoms with Crippen LogP contribution in [0.25, 0.3) is 32.9 Å². The van der Waals surface area contributed by atoms with Crippen LogP contribution in [0.5, 0.6) is 0 Å². The summed E-state index contributed by atoms with van der Waals surface area (Å²) in [6, 6.07) is 10.3. The number of fused-ring (bicyclic) bond motifs is 2. The lowest BCUT2D eigenvalue weighted by Gasteiger charge is -2.05. The first-order chi connectivity index (χ1) is 9.42. The van der Waals surface area contributed by atoms with Crippen LogP contribution in [0.1, 0.15) is 0 Å². The summed E-state index contributed by atoms with van der Waals surface area (Å²) in [6.45, 7) is 0. The van der Waals surface area contributed by atoms with Gasteiger partial charge in [0.1, 0.15) is 5.52 Å². The molecular weight excluding hydrogens is 236 g/mol. The first-order valence-corrected chi connectivity index (χ1v) is 6.04. The number of nitrogens with zero attached hydrogens (tertiary/aromatic N) is 3. The number of hydrogen-bond acceptors (Lipinski definition) is 3. The van der Waals surface area contributed by atoms with Crippen molar-refractivity contribution in [2.24, 2.45) is 0 Å². The number of nitrogens with one attached hydrogen (secondary N) is 1. The van der Waals surface area contributed by atoms with Crippen molar-refractivity contribution in [3.8, 4) is 11.1 Å². The van der Waals surface area contributed by atoms with E-state index in [1.807, 2.05) is 30.7 Å². The van der Waals surface area contributed by atoms with Crippen molar-refractivity contribution in [1.29, 1.82) is 0 Å². The SMILES string of the molecule is c1ccc2c(-c3cnc4cn[nH]c4c3)cncc2c1. The number of benzene rings is 1. The second-order valence-corrected chi connectivity index (χ2v) is 4.43. The fraction of sp³-hybridized carbons (Fsp3) is 0. The van der Waals surface area contributed by atoms with Crippen LogP contribution in [0.3, 0.4) is 0 Å². The van der Waals surface area contributed by atoms with E-state index in [-0.39, 0.29) is 0 Å². The molecule has 0 fully saturated rings. The molecule has 1 aromatic carbocycles. The largest absolute Gasteiger partial charge is 0.276 e. The van der Waals surface area contributed by atoms with Crippen LogP contribution in [0, 0.1) is 0 Å². The van der Waals surface area contributed by atoms with Crippen molar-refractivity contribution in [2.45, 2.75) is 0 Å². The van der Waals surface area contributed by atoms with Crippen molar-refractivity contribution in [1.82, 2.24) is 20.2 Å². The highest BCUT2D eigenvalue weighted by molar-refractivity contribution is 5.96. The van der Waals surface area contributed by atoms with Gasteiger partial charge in [0.05, 0.1) is 11.7 Å². The van der Waals surface area contributed by atoms with Gasteiger partial charge in [-0.25, -0.2) is 0 Å². The highest BCUT2D eigenvalue weighted by Crippen LogP contribution is 2.28. The molecule has 3 aromatic heterocycles. The van der Waals surface area contributed by atoms with Gasteiger partial charge < -0.3 is 0 Å². The minimum atomic E-state index is 0.872. The number of hydrogen-bond donors (Lipinski definition) is 1. The lowest BCUT2D eigenvalue weighted by atomic mass is 10.0. The zero-order chi connectivity index (χ0) is 12.7. The first-order valence-electron chi connectivity index (χ1n) is 6.04. The van der Waals surface area contributed by atoms with Gasteiger partial charge in [-0.1, -0.05) is 24.3 Å². The third-order valence-electron chi connectivity index (χ3n) is 3.27. The van der Waals surface area contributed by atoms with Crippen molar-refractivity contribution < 1.29 is 0 Å². The van der Waals surface area contributed by atoms with Gasteiger partial charge in [0.2, 0.25) is 0 Å². The lowest BCUT2D eigenvalue weighted by Crippen LogP contribution is -1.85. The molecule has 0 radical (unpaired) electrons. The molecule has 0 aliphatic heterocycles. The smallest absolute Gasteiger partial charge is 0.108 e. The first kappa shape index (κ1) is 10.2. The Labute approximate surface area is 109 Å². The van der Waals surface area contributed by atoms with E-state index in [0.29, 0.717) is 0 Å². The predicted molar refractivity (Wildman–Crippen MR) is 74.6 cm³/mol. The summed E-state index contributed by atoms with van der Waals surface area (Å²) >= 11 is 0. The van der Waals surface area contributed by atoms with Gasteiger partial charge in [-0.15, -0.1) is 0 Å². The molecule has 0 saturated heterocycles. The zero-order valence-corrected chi connectivity index (χ0v) is 10.0. The summed E-state index contributed by atoms with van der Waals surface area (Å²) in [5.74, 6) is 0. The third-order valence-corrected chi connectivity index (χ3v) is 3.27. The standard InChI is InChI=1S/C15H10N4/c1-2-4-12-10(3-1)6-16-8-13(12)11-5-14-15(17-7-11)9-18-19-14/h1-9H,(H,18,19). The van der Waals surface area contributed by atoms with Crippen LogP contribution < -0.4 is 0 Å². The quantitative estimate of drug-likeness (QED) is 0.561. The normalized spacial score (nSPS) is 11.2. The van der Waals surface area contributed by atoms with Crippen LogP contribution in [0.15, 0.2) is 55.1 Å². The monoisotopic (exact) mass is 246 g/mol. The Bertz CT molecular complexity index is 874. The van der Waals surface area contributed by atoms with E-state index < -0.39 is 0 Å². The van der Waals surface area contributed by atoms with Crippen LogP contribution in [-0.4, -0.2) is 20.2 Å². The predicted octanol–water partition coefficient (Wildman–Crippen LogP) is 3.17. The summed E-state index contributed by atoms with van der Waals surface area (Å²) in [5, 5.41) is 9.25. The molecule has 0 spiro atoms. The van der Waals surface area contributed by atoms with Gasteiger partial charge >= 0.3 is 0 Å². The van der Waals surface area contributed by atoms with E-state index in [9.17, 15) is 0 Å². The average molecular weight is 246 g/mol. The molecule has 0 unspecified atom stereocenters. The Hall–Kier alpha value is -2.75. The summed E-state index contributed by atoms with van der Waals surface area (Å²) < 4.78 is 0. The molecule has 0 bridgehead atoms. The van der Waals surface area contributed by atoms with Gasteiger partial charge in [0.15, 0.2) is 0 Å². The second kappa shape index (κ2) is 3.88. The Balaban J connectivity index is 2.03. The van der Waals surface area contributed by atoms with Crippen molar-refractivity contribution in [3.63, 3.8) is 0 Å². The molecule has 4 rings (SSSR count). The summed E-state index contributed by atoms with van der Waals surface area (Å²) in [7, 11) is 0. The van der Waals surface area contributed by atoms with Gasteiger partial charge in [-0.05, 0) is 11.5 Å². The van der Waals surface area contributed by atoms with Crippen molar-refractivity contribution >= 4 is 21.8 Å². The van der Waals surface area contributed by atoms with E-state index in [4.69, 9.17) is 0 Å². The Morgan fingerprint density at radius 1 is 0.947 bits per heavy atom. The topological polar surface area (TPSA) is 54.5 Å². The summed E-state index contributed by atoms with van der Waals surface area (Å²) in [4.78, 5) is 8.71. The second-order valence-electron chi connectivity index (χ2n) is 4.43. The minimum Gasteiger partial charge on any atom is -0.276 e. The van der Waals surface area contributed by atoms with E-state index in [2.05, 4.69) is 38.4 Å². The molecule has 0 aliphatic carbocycles. The van der Waals surface area contributed by atoms with Crippen LogP contribution in [0.4, 0.5) is 0 Å². The Morgan fingerprint density at radius 2 is 1.89 bits per heavy atom. The average Bonchev–Trinajstić information content (AvgIpc) is 2.94. The third kappa shape index (κ3) is 1.57. The number of pyridine rings is 2.